The van der Waals surface area contributed by atoms with Crippen molar-refractivity contribution in [2.45, 2.75) is 0 Å². The summed E-state index contributed by atoms with van der Waals surface area (Å²) in [5.74, 6) is 1.56. The lowest BCUT2D eigenvalue weighted by Crippen LogP contribution is -1.93. The van der Waals surface area contributed by atoms with Crippen LogP contribution >= 0.6 is 0 Å². The number of hydrogen-bond donors (Lipinski definition) is 1. The quantitative estimate of drug-likeness (QED) is 0.760. The van der Waals surface area contributed by atoms with Gasteiger partial charge in [0.05, 0.1) is 6.20 Å². The molecule has 0 aliphatic rings. The van der Waals surface area contributed by atoms with Gasteiger partial charge in [0.15, 0.2) is 0 Å². The first kappa shape index (κ1) is 10.5. The van der Waals surface area contributed by atoms with Crippen molar-refractivity contribution in [3.8, 4) is 11.5 Å². The van der Waals surface area contributed by atoms with E-state index in [9.17, 15) is 0 Å². The summed E-state index contributed by atoms with van der Waals surface area (Å²) in [6, 6.07) is 11.5. The average molecular weight is 238 g/mol. The van der Waals surface area contributed by atoms with E-state index >= 15 is 0 Å². The lowest BCUT2D eigenvalue weighted by molar-refractivity contribution is 0.590. The fraction of sp³-hybridized carbons (Fsp3) is 0. The molecule has 2 aromatic heterocycles. The van der Waals surface area contributed by atoms with Gasteiger partial charge in [0, 0.05) is 18.0 Å². The Kier molecular flexibility index (Phi) is 2.71. The molecule has 0 fully saturated rings. The van der Waals surface area contributed by atoms with Crippen LogP contribution < -0.4 is 5.32 Å². The molecule has 0 saturated carbocycles. The SMILES string of the molecule is c1ccc(-c2ncc(Nc3ncccn3)o2)cc1. The van der Waals surface area contributed by atoms with Gasteiger partial charge in [-0.05, 0) is 18.2 Å². The van der Waals surface area contributed by atoms with E-state index in [0.717, 1.165) is 5.56 Å². The van der Waals surface area contributed by atoms with Crippen molar-refractivity contribution in [3.63, 3.8) is 0 Å². The minimum absolute atomic E-state index is 0.480. The van der Waals surface area contributed by atoms with E-state index in [1.54, 1.807) is 24.7 Å². The van der Waals surface area contributed by atoms with Crippen LogP contribution in [0.2, 0.25) is 0 Å². The first-order valence-electron chi connectivity index (χ1n) is 5.47. The van der Waals surface area contributed by atoms with Crippen LogP contribution in [0.25, 0.3) is 11.5 Å². The molecule has 0 spiro atoms. The highest BCUT2D eigenvalue weighted by atomic mass is 16.4. The van der Waals surface area contributed by atoms with Crippen LogP contribution in [-0.4, -0.2) is 15.0 Å². The topological polar surface area (TPSA) is 63.8 Å². The van der Waals surface area contributed by atoms with Gasteiger partial charge in [-0.3, -0.25) is 5.32 Å². The molecule has 0 atom stereocenters. The number of hydrogen-bond acceptors (Lipinski definition) is 5. The Morgan fingerprint density at radius 2 is 1.67 bits per heavy atom. The fourth-order valence-corrected chi connectivity index (χ4v) is 1.52. The second kappa shape index (κ2) is 4.67. The Balaban J connectivity index is 1.82. The third-order valence-electron chi connectivity index (χ3n) is 2.33. The van der Waals surface area contributed by atoms with Crippen molar-refractivity contribution in [1.82, 2.24) is 15.0 Å². The highest BCUT2D eigenvalue weighted by molar-refractivity contribution is 5.55. The zero-order valence-corrected chi connectivity index (χ0v) is 9.45. The van der Waals surface area contributed by atoms with Crippen LogP contribution in [0, 0.1) is 0 Å². The van der Waals surface area contributed by atoms with Gasteiger partial charge < -0.3 is 4.42 Å². The van der Waals surface area contributed by atoms with Crippen molar-refractivity contribution in [1.29, 1.82) is 0 Å². The molecule has 1 aromatic carbocycles. The number of aromatic nitrogens is 3. The second-order valence-corrected chi connectivity index (χ2v) is 3.59. The maximum absolute atomic E-state index is 5.57. The van der Waals surface area contributed by atoms with Gasteiger partial charge in [0.25, 0.3) is 0 Å². The predicted octanol–water partition coefficient (Wildman–Crippen LogP) is 2.88. The zero-order valence-electron chi connectivity index (χ0n) is 9.45. The zero-order chi connectivity index (χ0) is 12.2. The minimum atomic E-state index is 0.480. The van der Waals surface area contributed by atoms with Crippen LogP contribution in [0.15, 0.2) is 59.4 Å². The average Bonchev–Trinajstić information content (AvgIpc) is 2.89. The first-order chi connectivity index (χ1) is 8.92. The van der Waals surface area contributed by atoms with Crippen LogP contribution in [0.5, 0.6) is 0 Å². The summed E-state index contributed by atoms with van der Waals surface area (Å²) in [4.78, 5) is 12.3. The summed E-state index contributed by atoms with van der Waals surface area (Å²) in [5.41, 5.74) is 0.930. The molecule has 2 heterocycles. The Hall–Kier alpha value is -2.69. The number of oxazole rings is 1. The summed E-state index contributed by atoms with van der Waals surface area (Å²) >= 11 is 0. The van der Waals surface area contributed by atoms with Crippen molar-refractivity contribution in [3.05, 3.63) is 55.0 Å². The molecule has 5 nitrogen and oxygen atoms in total. The normalized spacial score (nSPS) is 10.2. The molecule has 88 valence electrons. The summed E-state index contributed by atoms with van der Waals surface area (Å²) in [7, 11) is 0. The van der Waals surface area contributed by atoms with Gasteiger partial charge in [-0.1, -0.05) is 18.2 Å². The predicted molar refractivity (Wildman–Crippen MR) is 67.3 cm³/mol. The Labute approximate surface area is 104 Å². The molecule has 0 bridgehead atoms. The highest BCUT2D eigenvalue weighted by Gasteiger charge is 2.06. The highest BCUT2D eigenvalue weighted by Crippen LogP contribution is 2.22. The van der Waals surface area contributed by atoms with Gasteiger partial charge in [-0.15, -0.1) is 0 Å². The number of rotatable bonds is 3. The van der Waals surface area contributed by atoms with Crippen molar-refractivity contribution in [2.24, 2.45) is 0 Å². The van der Waals surface area contributed by atoms with Crippen molar-refractivity contribution in [2.75, 3.05) is 5.32 Å². The van der Waals surface area contributed by atoms with Crippen LogP contribution in [-0.2, 0) is 0 Å². The van der Waals surface area contributed by atoms with Crippen molar-refractivity contribution >= 4 is 11.8 Å². The van der Waals surface area contributed by atoms with E-state index in [1.807, 2.05) is 30.3 Å². The molecular formula is C13H10N4O. The second-order valence-electron chi connectivity index (χ2n) is 3.59. The van der Waals surface area contributed by atoms with Crippen LogP contribution in [0.4, 0.5) is 11.8 Å². The van der Waals surface area contributed by atoms with E-state index in [4.69, 9.17) is 4.42 Å². The van der Waals surface area contributed by atoms with Gasteiger partial charge in [-0.2, -0.15) is 0 Å². The summed E-state index contributed by atoms with van der Waals surface area (Å²) in [6.07, 6.45) is 4.92. The molecule has 0 aliphatic heterocycles. The van der Waals surface area contributed by atoms with Crippen LogP contribution in [0.1, 0.15) is 0 Å². The molecule has 3 rings (SSSR count). The van der Waals surface area contributed by atoms with Gasteiger partial charge in [0.1, 0.15) is 0 Å². The summed E-state index contributed by atoms with van der Waals surface area (Å²) < 4.78 is 5.57. The van der Waals surface area contributed by atoms with Gasteiger partial charge in [0.2, 0.25) is 17.7 Å². The van der Waals surface area contributed by atoms with E-state index in [0.29, 0.717) is 17.7 Å². The smallest absolute Gasteiger partial charge is 0.229 e. The monoisotopic (exact) mass is 238 g/mol. The fourth-order valence-electron chi connectivity index (χ4n) is 1.52. The lowest BCUT2D eigenvalue weighted by Gasteiger charge is -1.98. The van der Waals surface area contributed by atoms with E-state index < -0.39 is 0 Å². The molecule has 1 N–H and O–H groups in total. The Morgan fingerprint density at radius 3 is 2.44 bits per heavy atom. The maximum atomic E-state index is 5.57. The molecule has 0 aliphatic carbocycles. The Morgan fingerprint density at radius 1 is 0.889 bits per heavy atom. The van der Waals surface area contributed by atoms with Gasteiger partial charge in [-0.25, -0.2) is 15.0 Å². The third-order valence-corrected chi connectivity index (χ3v) is 2.33. The Bertz CT molecular complexity index is 622. The number of nitrogens with one attached hydrogen (secondary N) is 1. The van der Waals surface area contributed by atoms with E-state index in [1.165, 1.54) is 0 Å². The first-order valence-corrected chi connectivity index (χ1v) is 5.47. The molecule has 0 amide bonds. The van der Waals surface area contributed by atoms with Crippen molar-refractivity contribution < 1.29 is 4.42 Å². The molecule has 3 aromatic rings. The summed E-state index contributed by atoms with van der Waals surface area (Å²) in [5, 5.41) is 2.94. The molecule has 0 unspecified atom stereocenters. The molecule has 0 radical (unpaired) electrons. The van der Waals surface area contributed by atoms with Crippen LogP contribution in [0.3, 0.4) is 0 Å². The minimum Gasteiger partial charge on any atom is -0.420 e. The molecule has 0 saturated heterocycles. The molecular weight excluding hydrogens is 228 g/mol. The number of benzene rings is 1. The number of nitrogens with zero attached hydrogens (tertiary/aromatic N) is 3. The largest absolute Gasteiger partial charge is 0.420 e. The lowest BCUT2D eigenvalue weighted by atomic mass is 10.2. The van der Waals surface area contributed by atoms with Gasteiger partial charge >= 0.3 is 0 Å². The third kappa shape index (κ3) is 2.20. The number of anilines is 2. The van der Waals surface area contributed by atoms with E-state index in [2.05, 4.69) is 20.3 Å². The standard InChI is InChI=1S/C13H10N4O/c1-2-5-10(6-3-1)12-16-9-11(18-12)17-13-14-7-4-8-15-13/h1-9H,(H,14,15,17). The maximum Gasteiger partial charge on any atom is 0.229 e. The summed E-state index contributed by atoms with van der Waals surface area (Å²) in [6.45, 7) is 0. The van der Waals surface area contributed by atoms with E-state index in [-0.39, 0.29) is 0 Å². The molecule has 18 heavy (non-hydrogen) atoms. The molecule has 5 heteroatoms.